The smallest absolute Gasteiger partial charge is 1.00 e. The average Bonchev–Trinajstić information content (AvgIpc) is 3.19. The second-order valence-electron chi connectivity index (χ2n) is 13.4. The summed E-state index contributed by atoms with van der Waals surface area (Å²) < 4.78 is 87.5. The molecule has 24 heteroatoms. The van der Waals surface area contributed by atoms with Crippen LogP contribution in [-0.2, 0) is 33.3 Å². The zero-order chi connectivity index (χ0) is 43.9. The quantitative estimate of drug-likeness (QED) is 0.0992. The van der Waals surface area contributed by atoms with Gasteiger partial charge in [0.2, 0.25) is 17.7 Å². The van der Waals surface area contributed by atoms with Crippen LogP contribution in [0.4, 0.5) is 37.7 Å². The molecular formula is C37H43F6N8NaO9. The van der Waals surface area contributed by atoms with Crippen LogP contribution in [0.2, 0.25) is 0 Å². The predicted octanol–water partition coefficient (Wildman–Crippen LogP) is 0.583. The molecule has 0 radical (unpaired) electrons. The number of carbonyl (C=O) groups excluding carboxylic acids is 3. The Kier molecular flexibility index (Phi) is 19.6. The van der Waals surface area contributed by atoms with E-state index < -0.39 is 44.7 Å². The molecule has 0 aromatic heterocycles. The van der Waals surface area contributed by atoms with Gasteiger partial charge in [-0.15, -0.1) is 0 Å². The van der Waals surface area contributed by atoms with Gasteiger partial charge in [-0.25, -0.2) is 0 Å². The van der Waals surface area contributed by atoms with E-state index in [0.29, 0.717) is 64.5 Å². The number of carbonyl (C=O) groups is 3. The van der Waals surface area contributed by atoms with E-state index >= 15 is 0 Å². The second-order valence-corrected chi connectivity index (χ2v) is 13.4. The molecule has 3 amide bonds. The van der Waals surface area contributed by atoms with Crippen molar-refractivity contribution in [2.24, 2.45) is 0 Å². The fourth-order valence-electron chi connectivity index (χ4n) is 5.81. The molecule has 0 unspecified atom stereocenters. The fraction of sp³-hybridized carbons (Fsp3) is 0.432. The molecule has 0 bridgehead atoms. The summed E-state index contributed by atoms with van der Waals surface area (Å²) in [6.07, 6.45) is -9.42. The number of piperazine rings is 3. The van der Waals surface area contributed by atoms with Crippen LogP contribution in [0.5, 0.6) is 11.5 Å². The number of alkyl halides is 6. The number of ether oxygens (including phenoxy) is 2. The van der Waals surface area contributed by atoms with Gasteiger partial charge in [0.1, 0.15) is 24.7 Å². The first-order valence-corrected chi connectivity index (χ1v) is 18.4. The molecule has 0 saturated carbocycles. The molecule has 328 valence electrons. The molecule has 0 aliphatic carbocycles. The van der Waals surface area contributed by atoms with Gasteiger partial charge in [-0.1, -0.05) is 30.3 Å². The third-order valence-corrected chi connectivity index (χ3v) is 8.85. The van der Waals surface area contributed by atoms with Crippen LogP contribution >= 0.6 is 0 Å². The van der Waals surface area contributed by atoms with Crippen molar-refractivity contribution in [2.45, 2.75) is 18.9 Å². The van der Waals surface area contributed by atoms with Gasteiger partial charge in [0, 0.05) is 71.0 Å². The summed E-state index contributed by atoms with van der Waals surface area (Å²) in [7, 11) is 0. The van der Waals surface area contributed by atoms with E-state index in [1.807, 2.05) is 35.2 Å². The number of benzene rings is 3. The number of nitrogens with zero attached hydrogens (tertiary/aromatic N) is 5. The molecule has 3 saturated heterocycles. The number of hydrogen-bond donors (Lipinski definition) is 3. The molecule has 0 spiro atoms. The first-order valence-electron chi connectivity index (χ1n) is 18.4. The zero-order valence-electron chi connectivity index (χ0n) is 33.9. The first kappa shape index (κ1) is 50.3. The van der Waals surface area contributed by atoms with Crippen LogP contribution in [0, 0.1) is 20.2 Å². The van der Waals surface area contributed by atoms with E-state index in [2.05, 4.69) is 16.0 Å². The van der Waals surface area contributed by atoms with E-state index in [-0.39, 0.29) is 86.5 Å². The minimum absolute atomic E-state index is 0. The largest absolute Gasteiger partial charge is 1.00 e. The zero-order valence-corrected chi connectivity index (χ0v) is 34.9. The number of nitrogens with one attached hydrogen (secondary N) is 3. The van der Waals surface area contributed by atoms with Crippen molar-refractivity contribution in [1.29, 1.82) is 0 Å². The molecule has 3 fully saturated rings. The van der Waals surface area contributed by atoms with Crippen molar-refractivity contribution in [3.63, 3.8) is 0 Å². The van der Waals surface area contributed by atoms with E-state index in [1.165, 1.54) is 0 Å². The average molecular weight is 881 g/mol. The Labute approximate surface area is 368 Å². The van der Waals surface area contributed by atoms with Crippen LogP contribution in [0.3, 0.4) is 0 Å². The van der Waals surface area contributed by atoms with Gasteiger partial charge in [-0.3, -0.25) is 44.4 Å². The SMILES string of the molecule is O=C1CN(CCOc2cc([N+](=O)[O-])cc(C(F)(F)F)c2)CCN1.O=C1CN(CCOc2cc([N+](=O)[O-])cc(C(F)(F)F)c2)CCN1Cc1ccccc1.O=C1CNCCN1.[H-].[Na+]. The molecule has 3 aliphatic rings. The maximum atomic E-state index is 12.9. The molecule has 3 heterocycles. The van der Waals surface area contributed by atoms with Gasteiger partial charge in [0.15, 0.2) is 0 Å². The molecule has 3 aromatic carbocycles. The van der Waals surface area contributed by atoms with Crippen molar-refractivity contribution in [3.05, 3.63) is 104 Å². The van der Waals surface area contributed by atoms with Crippen molar-refractivity contribution < 1.29 is 91.0 Å². The molecule has 3 aliphatic heterocycles. The van der Waals surface area contributed by atoms with Gasteiger partial charge in [-0.2, -0.15) is 26.3 Å². The van der Waals surface area contributed by atoms with E-state index in [0.717, 1.165) is 42.9 Å². The number of nitro groups is 2. The number of amides is 3. The van der Waals surface area contributed by atoms with E-state index in [4.69, 9.17) is 9.47 Å². The van der Waals surface area contributed by atoms with Crippen LogP contribution in [-0.4, -0.2) is 127 Å². The van der Waals surface area contributed by atoms with Crippen LogP contribution < -0.4 is 55.0 Å². The number of non-ortho nitro benzene ring substituents is 2. The van der Waals surface area contributed by atoms with Gasteiger partial charge in [0.05, 0.1) is 52.7 Å². The Morgan fingerprint density at radius 1 is 0.672 bits per heavy atom. The monoisotopic (exact) mass is 880 g/mol. The summed E-state index contributed by atoms with van der Waals surface area (Å²) in [5, 5.41) is 29.8. The van der Waals surface area contributed by atoms with Gasteiger partial charge in [-0.05, 0) is 17.7 Å². The number of hydrogen-bond acceptors (Lipinski definition) is 12. The normalized spacial score (nSPS) is 16.0. The van der Waals surface area contributed by atoms with Crippen LogP contribution in [0.15, 0.2) is 66.7 Å². The summed E-state index contributed by atoms with van der Waals surface area (Å²) in [5.41, 5.74) is -2.62. The van der Waals surface area contributed by atoms with E-state index in [1.54, 1.807) is 9.80 Å². The van der Waals surface area contributed by atoms with Crippen molar-refractivity contribution >= 4 is 29.1 Å². The Morgan fingerprint density at radius 2 is 1.20 bits per heavy atom. The molecule has 61 heavy (non-hydrogen) atoms. The third kappa shape index (κ3) is 17.4. The van der Waals surface area contributed by atoms with E-state index in [9.17, 15) is 61.0 Å². The fourth-order valence-corrected chi connectivity index (χ4v) is 5.81. The molecular weight excluding hydrogens is 837 g/mol. The Bertz CT molecular complexity index is 1960. The van der Waals surface area contributed by atoms with Crippen molar-refractivity contribution in [1.82, 2.24) is 30.7 Å². The van der Waals surface area contributed by atoms with Gasteiger partial charge < -0.3 is 31.8 Å². The molecule has 3 aromatic rings. The Morgan fingerprint density at radius 3 is 1.62 bits per heavy atom. The topological polar surface area (TPSA) is 202 Å². The van der Waals surface area contributed by atoms with Crippen molar-refractivity contribution in [2.75, 3.05) is 85.2 Å². The van der Waals surface area contributed by atoms with Gasteiger partial charge in [0.25, 0.3) is 11.4 Å². The number of halogens is 6. The molecule has 6 rings (SSSR count). The van der Waals surface area contributed by atoms with Gasteiger partial charge >= 0.3 is 41.9 Å². The summed E-state index contributed by atoms with van der Waals surface area (Å²) in [6.45, 7) is 5.97. The Hall–Kier alpha value is -5.07. The van der Waals surface area contributed by atoms with Crippen molar-refractivity contribution in [3.8, 4) is 11.5 Å². The maximum absolute atomic E-state index is 12.9. The molecule has 3 N–H and O–H groups in total. The number of nitro benzene ring substituents is 2. The standard InChI is InChI=1S/C20H20F3N3O4.C13H14F3N3O4.C4H8N2O.Na.H/c21-20(22,23)16-10-17(26(28)29)12-18(11-16)30-9-8-24-6-7-25(19(27)14-24)13-15-4-2-1-3-5-15;14-13(15,16)9-5-10(19(21)22)7-11(6-9)23-4-3-18-2-1-17-12(20)8-18;7-4-3-5-1-2-6-4;;/h1-5,10-12H,6-9,13-14H2;5-7H,1-4,8H2,(H,17,20);5H,1-3H2,(H,6,7);;/q;;;+1;-1. The van der Waals surface area contributed by atoms with Crippen LogP contribution in [0.1, 0.15) is 18.1 Å². The minimum atomic E-state index is -4.72. The maximum Gasteiger partial charge on any atom is 1.00 e. The predicted molar refractivity (Wildman–Crippen MR) is 202 cm³/mol. The second kappa shape index (κ2) is 23.8. The first-order chi connectivity index (χ1) is 28.4. The molecule has 0 atom stereocenters. The minimum Gasteiger partial charge on any atom is -1.00 e. The third-order valence-electron chi connectivity index (χ3n) is 8.85. The summed E-state index contributed by atoms with van der Waals surface area (Å²) in [6, 6.07) is 13.9. The summed E-state index contributed by atoms with van der Waals surface area (Å²) in [5.74, 6) is -0.532. The Balaban J connectivity index is 0.000000366. The summed E-state index contributed by atoms with van der Waals surface area (Å²) >= 11 is 0. The number of rotatable bonds is 12. The molecule has 17 nitrogen and oxygen atoms in total. The summed E-state index contributed by atoms with van der Waals surface area (Å²) in [4.78, 5) is 59.0. The van der Waals surface area contributed by atoms with Crippen LogP contribution in [0.25, 0.3) is 0 Å².